The van der Waals surface area contributed by atoms with E-state index >= 15 is 0 Å². The van der Waals surface area contributed by atoms with Crippen molar-refractivity contribution in [2.24, 2.45) is 0 Å². The van der Waals surface area contributed by atoms with E-state index in [0.717, 1.165) is 4.88 Å². The number of nitro benzene ring substituents is 1. The third-order valence-electron chi connectivity index (χ3n) is 2.94. The molecule has 0 spiro atoms. The highest BCUT2D eigenvalue weighted by atomic mass is 32.1. The first kappa shape index (κ1) is 12.7. The van der Waals surface area contributed by atoms with Crippen LogP contribution >= 0.6 is 11.3 Å². The Balaban J connectivity index is 1.94. The summed E-state index contributed by atoms with van der Waals surface area (Å²) in [7, 11) is 0. The van der Waals surface area contributed by atoms with Crippen LogP contribution in [0.2, 0.25) is 0 Å². The molecule has 0 aliphatic carbocycles. The van der Waals surface area contributed by atoms with Crippen molar-refractivity contribution in [1.29, 1.82) is 0 Å². The second kappa shape index (κ2) is 4.97. The van der Waals surface area contributed by atoms with E-state index in [4.69, 9.17) is 9.47 Å². The Kier molecular flexibility index (Phi) is 3.15. The Hall–Kier alpha value is -2.35. The number of aromatic nitrogens is 1. The maximum absolute atomic E-state index is 11.1. The summed E-state index contributed by atoms with van der Waals surface area (Å²) in [5.41, 5.74) is 2.09. The van der Waals surface area contributed by atoms with E-state index in [-0.39, 0.29) is 18.5 Å². The van der Waals surface area contributed by atoms with E-state index in [9.17, 15) is 10.1 Å². The topological polar surface area (TPSA) is 86.5 Å². The molecule has 2 aromatic rings. The third kappa shape index (κ3) is 2.25. The van der Waals surface area contributed by atoms with Gasteiger partial charge in [-0.25, -0.2) is 0 Å². The molecule has 1 aliphatic rings. The van der Waals surface area contributed by atoms with Gasteiger partial charge in [-0.3, -0.25) is 15.1 Å². The number of nitrogens with one attached hydrogen (secondary N) is 1. The summed E-state index contributed by atoms with van der Waals surface area (Å²) in [6.45, 7) is 2.00. The smallest absolute Gasteiger partial charge is 0.296 e. The molecular formula is C12H11N3O4S. The molecule has 0 fully saturated rings. The van der Waals surface area contributed by atoms with Crippen molar-refractivity contribution in [1.82, 2.24) is 4.98 Å². The minimum atomic E-state index is -0.441. The van der Waals surface area contributed by atoms with Crippen molar-refractivity contribution in [3.63, 3.8) is 0 Å². The van der Waals surface area contributed by atoms with Gasteiger partial charge in [0.1, 0.15) is 5.69 Å². The van der Waals surface area contributed by atoms with Crippen LogP contribution in [0.5, 0.6) is 11.5 Å². The lowest BCUT2D eigenvalue weighted by Crippen LogP contribution is -2.07. The molecule has 1 aromatic carbocycles. The molecule has 104 valence electrons. The van der Waals surface area contributed by atoms with Crippen molar-refractivity contribution < 1.29 is 14.4 Å². The van der Waals surface area contributed by atoms with Gasteiger partial charge in [0.05, 0.1) is 22.5 Å². The largest absolute Gasteiger partial charge is 0.454 e. The fraction of sp³-hybridized carbons (Fsp3) is 0.250. The number of hydrogen-bond acceptors (Lipinski definition) is 7. The van der Waals surface area contributed by atoms with Crippen molar-refractivity contribution in [2.45, 2.75) is 13.0 Å². The third-order valence-corrected chi connectivity index (χ3v) is 3.90. The lowest BCUT2D eigenvalue weighted by molar-refractivity contribution is -0.384. The average molecular weight is 293 g/mol. The zero-order valence-electron chi connectivity index (χ0n) is 10.5. The van der Waals surface area contributed by atoms with Crippen molar-refractivity contribution in [3.8, 4) is 11.5 Å². The Morgan fingerprint density at radius 3 is 2.85 bits per heavy atom. The summed E-state index contributed by atoms with van der Waals surface area (Å²) in [6, 6.07) is 2.89. The van der Waals surface area contributed by atoms with Crippen molar-refractivity contribution in [3.05, 3.63) is 38.8 Å². The van der Waals surface area contributed by atoms with Crippen LogP contribution in [0.3, 0.4) is 0 Å². The number of nitro groups is 1. The molecule has 0 saturated carbocycles. The van der Waals surface area contributed by atoms with Gasteiger partial charge in [-0.15, -0.1) is 11.3 Å². The fourth-order valence-corrected chi connectivity index (χ4v) is 2.57. The molecule has 1 atom stereocenters. The molecule has 20 heavy (non-hydrogen) atoms. The number of nitrogens with zero attached hydrogens (tertiary/aromatic N) is 2. The van der Waals surface area contributed by atoms with Gasteiger partial charge in [0.15, 0.2) is 11.5 Å². The van der Waals surface area contributed by atoms with Crippen LogP contribution in [0.25, 0.3) is 0 Å². The van der Waals surface area contributed by atoms with E-state index in [2.05, 4.69) is 10.3 Å². The lowest BCUT2D eigenvalue weighted by atomic mass is 10.2. The van der Waals surface area contributed by atoms with Gasteiger partial charge >= 0.3 is 0 Å². The lowest BCUT2D eigenvalue weighted by Gasteiger charge is -2.13. The number of rotatable bonds is 4. The molecular weight excluding hydrogens is 282 g/mol. The van der Waals surface area contributed by atoms with Crippen LogP contribution in [0, 0.1) is 10.1 Å². The average Bonchev–Trinajstić information content (AvgIpc) is 3.08. The molecule has 0 saturated heterocycles. The van der Waals surface area contributed by atoms with E-state index in [1.807, 2.05) is 6.92 Å². The molecule has 1 aromatic heterocycles. The summed E-state index contributed by atoms with van der Waals surface area (Å²) in [4.78, 5) is 15.7. The van der Waals surface area contributed by atoms with Crippen LogP contribution in [-0.2, 0) is 0 Å². The quantitative estimate of drug-likeness (QED) is 0.689. The van der Waals surface area contributed by atoms with Crippen LogP contribution in [0.4, 0.5) is 11.4 Å². The first-order valence-corrected chi connectivity index (χ1v) is 6.76. The molecule has 8 heteroatoms. The van der Waals surface area contributed by atoms with E-state index in [0.29, 0.717) is 17.2 Å². The molecule has 7 nitrogen and oxygen atoms in total. The summed E-state index contributed by atoms with van der Waals surface area (Å²) in [5, 5.41) is 14.3. The molecule has 0 radical (unpaired) electrons. The SMILES string of the molecule is CC(Nc1cc2c(cc1[N+](=O)[O-])OCO2)c1cncs1. The van der Waals surface area contributed by atoms with E-state index in [1.54, 1.807) is 17.8 Å². The number of thiazole rings is 1. The maximum atomic E-state index is 11.1. The van der Waals surface area contributed by atoms with Crippen LogP contribution in [0.1, 0.15) is 17.8 Å². The highest BCUT2D eigenvalue weighted by Gasteiger charge is 2.24. The Morgan fingerprint density at radius 1 is 1.45 bits per heavy atom. The van der Waals surface area contributed by atoms with Crippen LogP contribution in [0.15, 0.2) is 23.8 Å². The number of ether oxygens (including phenoxy) is 2. The second-order valence-corrected chi connectivity index (χ2v) is 5.17. The fourth-order valence-electron chi connectivity index (χ4n) is 1.94. The van der Waals surface area contributed by atoms with Gasteiger partial charge in [-0.05, 0) is 6.92 Å². The van der Waals surface area contributed by atoms with Gasteiger partial charge in [-0.1, -0.05) is 0 Å². The highest BCUT2D eigenvalue weighted by molar-refractivity contribution is 7.09. The zero-order chi connectivity index (χ0) is 14.1. The number of fused-ring (bicyclic) bond motifs is 1. The number of anilines is 1. The minimum Gasteiger partial charge on any atom is -0.454 e. The molecule has 1 N–H and O–H groups in total. The Morgan fingerprint density at radius 2 is 2.20 bits per heavy atom. The van der Waals surface area contributed by atoms with E-state index in [1.165, 1.54) is 17.4 Å². The molecule has 1 unspecified atom stereocenters. The normalized spacial score (nSPS) is 14.1. The van der Waals surface area contributed by atoms with Crippen molar-refractivity contribution >= 4 is 22.7 Å². The monoisotopic (exact) mass is 293 g/mol. The highest BCUT2D eigenvalue weighted by Crippen LogP contribution is 2.41. The molecule has 1 aliphatic heterocycles. The Bertz CT molecular complexity index is 644. The van der Waals surface area contributed by atoms with Gasteiger partial charge in [0.2, 0.25) is 6.79 Å². The van der Waals surface area contributed by atoms with Crippen molar-refractivity contribution in [2.75, 3.05) is 12.1 Å². The Labute approximate surface area is 118 Å². The van der Waals surface area contributed by atoms with E-state index < -0.39 is 4.92 Å². The summed E-state index contributed by atoms with van der Waals surface area (Å²) >= 11 is 1.49. The molecule has 2 heterocycles. The van der Waals surface area contributed by atoms with Gasteiger partial charge in [0, 0.05) is 17.1 Å². The molecule has 3 rings (SSSR count). The predicted molar refractivity (Wildman–Crippen MR) is 73.4 cm³/mol. The van der Waals surface area contributed by atoms with Crippen LogP contribution in [-0.4, -0.2) is 16.7 Å². The zero-order valence-corrected chi connectivity index (χ0v) is 11.3. The first-order valence-electron chi connectivity index (χ1n) is 5.88. The first-order chi connectivity index (χ1) is 9.65. The summed E-state index contributed by atoms with van der Waals surface area (Å²) in [6.07, 6.45) is 1.74. The number of hydrogen-bond donors (Lipinski definition) is 1. The summed E-state index contributed by atoms with van der Waals surface area (Å²) in [5.74, 6) is 0.905. The molecule has 0 amide bonds. The minimum absolute atomic E-state index is 0.0365. The van der Waals surface area contributed by atoms with Gasteiger partial charge in [0.25, 0.3) is 5.69 Å². The van der Waals surface area contributed by atoms with Gasteiger partial charge in [-0.2, -0.15) is 0 Å². The second-order valence-electron chi connectivity index (χ2n) is 4.25. The standard InChI is InChI=1S/C12H11N3O4S/c1-7(12-4-13-5-20-12)14-8-2-10-11(19-6-18-10)3-9(8)15(16)17/h2-5,7,14H,6H2,1H3. The maximum Gasteiger partial charge on any atom is 0.296 e. The summed E-state index contributed by atoms with van der Waals surface area (Å²) < 4.78 is 10.4. The molecule has 0 bridgehead atoms. The number of benzene rings is 1. The van der Waals surface area contributed by atoms with Crippen LogP contribution < -0.4 is 14.8 Å². The predicted octanol–water partition coefficient (Wildman–Crippen LogP) is 2.95. The van der Waals surface area contributed by atoms with Gasteiger partial charge < -0.3 is 14.8 Å².